The smallest absolute Gasteiger partial charge is 0.162 e. The Kier molecular flexibility index (Phi) is 4.56. The molecular formula is C24H22N4O. The van der Waals surface area contributed by atoms with Crippen LogP contribution in [0.5, 0.6) is 5.75 Å². The Morgan fingerprint density at radius 3 is 2.59 bits per heavy atom. The third-order valence-corrected chi connectivity index (χ3v) is 5.59. The molecule has 1 fully saturated rings. The van der Waals surface area contributed by atoms with Gasteiger partial charge in [-0.15, -0.1) is 0 Å². The van der Waals surface area contributed by atoms with Gasteiger partial charge in [0.2, 0.25) is 0 Å². The van der Waals surface area contributed by atoms with E-state index in [4.69, 9.17) is 14.7 Å². The third kappa shape index (κ3) is 3.29. The van der Waals surface area contributed by atoms with Gasteiger partial charge in [-0.2, -0.15) is 0 Å². The highest BCUT2D eigenvalue weighted by molar-refractivity contribution is 5.91. The van der Waals surface area contributed by atoms with Gasteiger partial charge in [-0.25, -0.2) is 9.97 Å². The van der Waals surface area contributed by atoms with Crippen LogP contribution in [0.25, 0.3) is 22.3 Å². The maximum absolute atomic E-state index is 5.60. The first-order valence-corrected chi connectivity index (χ1v) is 9.88. The van der Waals surface area contributed by atoms with E-state index in [1.165, 1.54) is 5.56 Å². The van der Waals surface area contributed by atoms with Crippen molar-refractivity contribution < 1.29 is 4.74 Å². The molecule has 0 aliphatic carbocycles. The van der Waals surface area contributed by atoms with Crippen molar-refractivity contribution in [1.82, 2.24) is 15.0 Å². The molecule has 2 aromatic heterocycles. The minimum Gasteiger partial charge on any atom is -0.496 e. The molecule has 1 saturated heterocycles. The maximum atomic E-state index is 5.60. The highest BCUT2D eigenvalue weighted by Gasteiger charge is 2.28. The van der Waals surface area contributed by atoms with Crippen LogP contribution in [0.4, 0.5) is 5.82 Å². The van der Waals surface area contributed by atoms with Crippen molar-refractivity contribution in [2.45, 2.75) is 12.3 Å². The van der Waals surface area contributed by atoms with Crippen molar-refractivity contribution in [3.8, 4) is 17.1 Å². The molecule has 1 unspecified atom stereocenters. The number of nitrogens with zero attached hydrogens (tertiary/aromatic N) is 4. The number of para-hydroxylation sites is 2. The normalized spacial score (nSPS) is 16.3. The molecule has 3 heterocycles. The molecule has 4 aromatic rings. The van der Waals surface area contributed by atoms with Gasteiger partial charge < -0.3 is 9.64 Å². The Hall–Kier alpha value is -3.47. The lowest BCUT2D eigenvalue weighted by molar-refractivity contribution is 0.406. The lowest BCUT2D eigenvalue weighted by Gasteiger charge is -2.21. The second-order valence-electron chi connectivity index (χ2n) is 7.30. The third-order valence-electron chi connectivity index (χ3n) is 5.59. The first-order valence-electron chi connectivity index (χ1n) is 9.88. The van der Waals surface area contributed by atoms with Crippen molar-refractivity contribution >= 4 is 16.7 Å². The second-order valence-corrected chi connectivity index (χ2v) is 7.30. The molecule has 0 radical (unpaired) electrons. The molecule has 1 aliphatic heterocycles. The number of hydrogen-bond donors (Lipinski definition) is 0. The topological polar surface area (TPSA) is 51.1 Å². The summed E-state index contributed by atoms with van der Waals surface area (Å²) < 4.78 is 5.60. The van der Waals surface area contributed by atoms with E-state index in [0.717, 1.165) is 53.4 Å². The predicted octanol–water partition coefficient (Wildman–Crippen LogP) is 4.69. The van der Waals surface area contributed by atoms with Crippen LogP contribution >= 0.6 is 0 Å². The van der Waals surface area contributed by atoms with Crippen LogP contribution in [-0.4, -0.2) is 35.2 Å². The minimum atomic E-state index is 0.421. The largest absolute Gasteiger partial charge is 0.496 e. The average molecular weight is 382 g/mol. The summed E-state index contributed by atoms with van der Waals surface area (Å²) in [5.41, 5.74) is 3.21. The van der Waals surface area contributed by atoms with Gasteiger partial charge in [0.25, 0.3) is 0 Å². The van der Waals surface area contributed by atoms with Gasteiger partial charge >= 0.3 is 0 Å². The van der Waals surface area contributed by atoms with Gasteiger partial charge in [-0.1, -0.05) is 30.3 Å². The molecule has 144 valence electrons. The van der Waals surface area contributed by atoms with Crippen molar-refractivity contribution in [2.75, 3.05) is 25.1 Å². The van der Waals surface area contributed by atoms with E-state index < -0.39 is 0 Å². The van der Waals surface area contributed by atoms with Gasteiger partial charge in [-0.3, -0.25) is 4.98 Å². The van der Waals surface area contributed by atoms with Gasteiger partial charge in [-0.05, 0) is 42.3 Å². The molecule has 5 nitrogen and oxygen atoms in total. The molecule has 0 spiro atoms. The Labute approximate surface area is 170 Å². The summed E-state index contributed by atoms with van der Waals surface area (Å²) in [7, 11) is 1.74. The monoisotopic (exact) mass is 382 g/mol. The lowest BCUT2D eigenvalue weighted by Crippen LogP contribution is -2.21. The number of ether oxygens (including phenoxy) is 1. The number of methoxy groups -OCH3 is 1. The number of aromatic nitrogens is 3. The summed E-state index contributed by atoms with van der Waals surface area (Å²) in [4.78, 5) is 16.3. The molecule has 2 aromatic carbocycles. The summed E-state index contributed by atoms with van der Waals surface area (Å²) in [5, 5.41) is 1.09. The SMILES string of the molecule is COc1ccccc1C1CCN(c2nc(-c3ccncc3)nc3ccccc23)C1. The number of hydrogen-bond acceptors (Lipinski definition) is 5. The number of benzene rings is 2. The number of fused-ring (bicyclic) bond motifs is 1. The molecule has 29 heavy (non-hydrogen) atoms. The van der Waals surface area contributed by atoms with Crippen LogP contribution in [0, 0.1) is 0 Å². The van der Waals surface area contributed by atoms with Crippen molar-refractivity contribution in [2.24, 2.45) is 0 Å². The van der Waals surface area contributed by atoms with E-state index in [2.05, 4.69) is 40.2 Å². The van der Waals surface area contributed by atoms with Crippen molar-refractivity contribution in [3.05, 3.63) is 78.6 Å². The summed E-state index contributed by atoms with van der Waals surface area (Å²) >= 11 is 0. The fourth-order valence-electron chi connectivity index (χ4n) is 4.14. The standard InChI is InChI=1S/C24H22N4O/c1-29-22-9-5-3-6-19(22)18-12-15-28(16-18)24-20-7-2-4-8-21(20)26-23(27-24)17-10-13-25-14-11-17/h2-11,13-14,18H,12,15-16H2,1H3. The highest BCUT2D eigenvalue weighted by Crippen LogP contribution is 2.37. The first-order chi connectivity index (χ1) is 14.3. The van der Waals surface area contributed by atoms with E-state index in [1.54, 1.807) is 19.5 Å². The molecule has 0 saturated carbocycles. The van der Waals surface area contributed by atoms with E-state index in [1.807, 2.05) is 30.3 Å². The number of rotatable bonds is 4. The number of pyridine rings is 1. The second kappa shape index (κ2) is 7.51. The van der Waals surface area contributed by atoms with Crippen molar-refractivity contribution in [1.29, 1.82) is 0 Å². The van der Waals surface area contributed by atoms with Crippen molar-refractivity contribution in [3.63, 3.8) is 0 Å². The summed E-state index contributed by atoms with van der Waals surface area (Å²) in [6, 6.07) is 20.5. The van der Waals surface area contributed by atoms with E-state index in [0.29, 0.717) is 5.92 Å². The zero-order valence-corrected chi connectivity index (χ0v) is 16.3. The molecule has 0 bridgehead atoms. The first kappa shape index (κ1) is 17.6. The average Bonchev–Trinajstić information content (AvgIpc) is 3.29. The molecule has 1 atom stereocenters. The molecule has 5 rings (SSSR count). The summed E-state index contributed by atoms with van der Waals surface area (Å²) in [6.07, 6.45) is 4.63. The fraction of sp³-hybridized carbons (Fsp3) is 0.208. The van der Waals surface area contributed by atoms with Crippen LogP contribution in [0.1, 0.15) is 17.9 Å². The Bertz CT molecular complexity index is 1150. The van der Waals surface area contributed by atoms with Crippen LogP contribution in [-0.2, 0) is 0 Å². The Balaban J connectivity index is 1.55. The molecule has 1 aliphatic rings. The van der Waals surface area contributed by atoms with Gasteiger partial charge in [0, 0.05) is 42.4 Å². The Morgan fingerprint density at radius 2 is 1.72 bits per heavy atom. The molecule has 0 amide bonds. The fourth-order valence-corrected chi connectivity index (χ4v) is 4.14. The zero-order valence-electron chi connectivity index (χ0n) is 16.3. The predicted molar refractivity (Wildman–Crippen MR) is 115 cm³/mol. The molecular weight excluding hydrogens is 360 g/mol. The van der Waals surface area contributed by atoms with E-state index >= 15 is 0 Å². The van der Waals surface area contributed by atoms with Crippen LogP contribution in [0.3, 0.4) is 0 Å². The summed E-state index contributed by atoms with van der Waals surface area (Å²) in [6.45, 7) is 1.87. The zero-order chi connectivity index (χ0) is 19.6. The summed E-state index contributed by atoms with van der Waals surface area (Å²) in [5.74, 6) is 3.12. The Morgan fingerprint density at radius 1 is 0.931 bits per heavy atom. The van der Waals surface area contributed by atoms with Crippen LogP contribution < -0.4 is 9.64 Å². The van der Waals surface area contributed by atoms with Crippen LogP contribution in [0.2, 0.25) is 0 Å². The molecule has 0 N–H and O–H groups in total. The van der Waals surface area contributed by atoms with E-state index in [9.17, 15) is 0 Å². The van der Waals surface area contributed by atoms with Gasteiger partial charge in [0.15, 0.2) is 5.82 Å². The van der Waals surface area contributed by atoms with Crippen LogP contribution in [0.15, 0.2) is 73.1 Å². The van der Waals surface area contributed by atoms with Gasteiger partial charge in [0.1, 0.15) is 11.6 Å². The van der Waals surface area contributed by atoms with Gasteiger partial charge in [0.05, 0.1) is 12.6 Å². The molecule has 5 heteroatoms. The minimum absolute atomic E-state index is 0.421. The maximum Gasteiger partial charge on any atom is 0.162 e. The quantitative estimate of drug-likeness (QED) is 0.512. The number of anilines is 1. The highest BCUT2D eigenvalue weighted by atomic mass is 16.5. The lowest BCUT2D eigenvalue weighted by atomic mass is 9.97. The van der Waals surface area contributed by atoms with E-state index in [-0.39, 0.29) is 0 Å².